The summed E-state index contributed by atoms with van der Waals surface area (Å²) >= 11 is 0. The Morgan fingerprint density at radius 2 is 2.22 bits per heavy atom. The predicted molar refractivity (Wildman–Crippen MR) is 29.9 cm³/mol. The van der Waals surface area contributed by atoms with Gasteiger partial charge in [0.25, 0.3) is 0 Å². The first-order valence-electron chi connectivity index (χ1n) is 2.44. The van der Waals surface area contributed by atoms with Crippen LogP contribution in [0.5, 0.6) is 0 Å². The smallest absolute Gasteiger partial charge is 0.203 e. The maximum atomic E-state index is 10.4. The van der Waals surface area contributed by atoms with Crippen LogP contribution in [0.2, 0.25) is 0 Å². The van der Waals surface area contributed by atoms with Crippen LogP contribution < -0.4 is 4.89 Å². The lowest BCUT2D eigenvalue weighted by molar-refractivity contribution is -0.198. The van der Waals surface area contributed by atoms with Crippen molar-refractivity contribution in [1.82, 2.24) is 0 Å². The van der Waals surface area contributed by atoms with Crippen molar-refractivity contribution < 1.29 is 18.8 Å². The summed E-state index contributed by atoms with van der Waals surface area (Å²) in [5, 5.41) is 0. The molecule has 0 saturated carbocycles. The highest BCUT2D eigenvalue weighted by Gasteiger charge is 2.14. The van der Waals surface area contributed by atoms with Crippen molar-refractivity contribution in [2.45, 2.75) is 13.3 Å². The van der Waals surface area contributed by atoms with E-state index in [1.165, 1.54) is 6.92 Å². The average Bonchev–Trinajstić information content (AvgIpc) is 1.86. The minimum Gasteiger partial charge on any atom is -0.773 e. The van der Waals surface area contributed by atoms with Crippen LogP contribution in [0.25, 0.3) is 0 Å². The van der Waals surface area contributed by atoms with Gasteiger partial charge in [0.05, 0.1) is 0 Å². The number of hydrogen-bond donors (Lipinski definition) is 0. The summed E-state index contributed by atoms with van der Waals surface area (Å²) in [7, 11) is -3.18. The molecule has 0 saturated heterocycles. The fourth-order valence-corrected chi connectivity index (χ4v) is 0.886. The maximum absolute atomic E-state index is 10.4. The fraction of sp³-hybridized carbons (Fsp3) is 0.750. The van der Waals surface area contributed by atoms with Crippen molar-refractivity contribution in [3.63, 3.8) is 0 Å². The van der Waals surface area contributed by atoms with Crippen molar-refractivity contribution in [3.8, 4) is 0 Å². The molecule has 0 aromatic heterocycles. The van der Waals surface area contributed by atoms with Crippen LogP contribution >= 0.6 is 7.60 Å². The Bertz CT molecular complexity index is 153. The Balaban J connectivity index is 4.16. The van der Waals surface area contributed by atoms with E-state index in [0.29, 0.717) is 0 Å². The molecule has 0 bridgehead atoms. The summed E-state index contributed by atoms with van der Waals surface area (Å²) in [4.78, 5) is 20.8. The van der Waals surface area contributed by atoms with E-state index in [2.05, 4.69) is 4.52 Å². The van der Waals surface area contributed by atoms with Crippen LogP contribution in [0, 0.1) is 0 Å². The van der Waals surface area contributed by atoms with Crippen LogP contribution in [0.15, 0.2) is 0 Å². The van der Waals surface area contributed by atoms with Crippen molar-refractivity contribution in [1.29, 1.82) is 0 Å². The Hall–Kier alpha value is -0.180. The van der Waals surface area contributed by atoms with Crippen molar-refractivity contribution in [2.75, 3.05) is 7.11 Å². The zero-order valence-electron chi connectivity index (χ0n) is 5.29. The summed E-state index contributed by atoms with van der Waals surface area (Å²) in [5.41, 5.74) is -0.856. The quantitative estimate of drug-likeness (QED) is 0.537. The van der Waals surface area contributed by atoms with E-state index in [1.54, 1.807) is 0 Å². The molecule has 0 fully saturated rings. The molecule has 0 aromatic rings. The third-order valence-electron chi connectivity index (χ3n) is 0.848. The first-order valence-corrected chi connectivity index (χ1v) is 3.99. The molecule has 5 heteroatoms. The zero-order chi connectivity index (χ0) is 7.49. The summed E-state index contributed by atoms with van der Waals surface area (Å²) in [6.45, 7) is 1.46. The minimum atomic E-state index is -4.15. The van der Waals surface area contributed by atoms with Gasteiger partial charge in [-0.15, -0.1) is 0 Å². The van der Waals surface area contributed by atoms with Crippen molar-refractivity contribution in [2.24, 2.45) is 0 Å². The standard InChI is InChI=1S/C4H9O4P/c1-3-4(5)9(6,7)8-2/h3H2,1-2H3,(H,6,7)/p-1. The SMILES string of the molecule is CCC(=O)P(=O)([O-])OC. The highest BCUT2D eigenvalue weighted by Crippen LogP contribution is 2.37. The van der Waals surface area contributed by atoms with E-state index in [-0.39, 0.29) is 6.42 Å². The second-order valence-corrected chi connectivity index (χ2v) is 3.29. The third kappa shape index (κ3) is 2.26. The van der Waals surface area contributed by atoms with Gasteiger partial charge >= 0.3 is 0 Å². The fourth-order valence-electron chi connectivity index (χ4n) is 0.295. The van der Waals surface area contributed by atoms with Gasteiger partial charge in [0, 0.05) is 13.5 Å². The molecule has 54 valence electrons. The van der Waals surface area contributed by atoms with Crippen LogP contribution in [0.3, 0.4) is 0 Å². The van der Waals surface area contributed by atoms with Crippen molar-refractivity contribution in [3.05, 3.63) is 0 Å². The lowest BCUT2D eigenvalue weighted by atomic mass is 10.6. The van der Waals surface area contributed by atoms with Gasteiger partial charge in [-0.2, -0.15) is 0 Å². The molecule has 0 amide bonds. The van der Waals surface area contributed by atoms with E-state index in [0.717, 1.165) is 7.11 Å². The summed E-state index contributed by atoms with van der Waals surface area (Å²) < 4.78 is 14.3. The minimum absolute atomic E-state index is 0.0331. The van der Waals surface area contributed by atoms with Crippen LogP contribution in [0.4, 0.5) is 0 Å². The lowest BCUT2D eigenvalue weighted by Crippen LogP contribution is -2.11. The van der Waals surface area contributed by atoms with E-state index in [9.17, 15) is 14.3 Å². The number of hydrogen-bond acceptors (Lipinski definition) is 4. The van der Waals surface area contributed by atoms with E-state index < -0.39 is 13.1 Å². The van der Waals surface area contributed by atoms with E-state index >= 15 is 0 Å². The molecule has 0 radical (unpaired) electrons. The van der Waals surface area contributed by atoms with Crippen LogP contribution in [-0.4, -0.2) is 12.6 Å². The largest absolute Gasteiger partial charge is 0.773 e. The zero-order valence-corrected chi connectivity index (χ0v) is 6.18. The Morgan fingerprint density at radius 3 is 2.33 bits per heavy atom. The molecule has 4 nitrogen and oxygen atoms in total. The number of carbonyl (C=O) groups excluding carboxylic acids is 1. The second kappa shape index (κ2) is 3.11. The van der Waals surface area contributed by atoms with Crippen LogP contribution in [0.1, 0.15) is 13.3 Å². The summed E-state index contributed by atoms with van der Waals surface area (Å²) in [6.07, 6.45) is -0.0331. The van der Waals surface area contributed by atoms with Gasteiger partial charge in [-0.1, -0.05) is 6.92 Å². The Kier molecular flexibility index (Phi) is 3.04. The molecule has 0 aliphatic rings. The molecule has 0 aliphatic heterocycles. The molecule has 9 heavy (non-hydrogen) atoms. The molecule has 0 spiro atoms. The molecule has 1 atom stereocenters. The predicted octanol–water partition coefficient (Wildman–Crippen LogP) is 0.123. The van der Waals surface area contributed by atoms with Gasteiger partial charge < -0.3 is 14.0 Å². The van der Waals surface area contributed by atoms with Gasteiger partial charge in [0.15, 0.2) is 7.60 Å². The monoisotopic (exact) mass is 151 g/mol. The molecule has 0 rings (SSSR count). The molecule has 0 heterocycles. The highest BCUT2D eigenvalue weighted by molar-refractivity contribution is 7.69. The number of carbonyl (C=O) groups is 1. The Morgan fingerprint density at radius 1 is 1.78 bits per heavy atom. The van der Waals surface area contributed by atoms with Gasteiger partial charge in [-0.25, -0.2) is 0 Å². The molecule has 1 unspecified atom stereocenters. The normalized spacial score (nSPS) is 16.8. The maximum Gasteiger partial charge on any atom is 0.203 e. The van der Waals surface area contributed by atoms with E-state index in [4.69, 9.17) is 0 Å². The molecular formula is C4H8O4P-. The molecular weight excluding hydrogens is 143 g/mol. The van der Waals surface area contributed by atoms with Gasteiger partial charge in [-0.05, 0) is 0 Å². The van der Waals surface area contributed by atoms with Gasteiger partial charge in [0.2, 0.25) is 5.52 Å². The average molecular weight is 151 g/mol. The first kappa shape index (κ1) is 8.82. The van der Waals surface area contributed by atoms with Gasteiger partial charge in [0.1, 0.15) is 0 Å². The summed E-state index contributed by atoms with van der Waals surface area (Å²) in [5.74, 6) is 0. The molecule has 0 aromatic carbocycles. The van der Waals surface area contributed by atoms with E-state index in [1.807, 2.05) is 0 Å². The molecule has 0 aliphatic carbocycles. The topological polar surface area (TPSA) is 66.4 Å². The third-order valence-corrected chi connectivity index (χ3v) is 2.26. The highest BCUT2D eigenvalue weighted by atomic mass is 31.2. The molecule has 0 N–H and O–H groups in total. The van der Waals surface area contributed by atoms with Crippen molar-refractivity contribution >= 4 is 13.1 Å². The Labute approximate surface area is 53.4 Å². The van der Waals surface area contributed by atoms with Crippen LogP contribution in [-0.2, 0) is 13.9 Å². The lowest BCUT2D eigenvalue weighted by Gasteiger charge is -2.17. The summed E-state index contributed by atoms with van der Waals surface area (Å²) in [6, 6.07) is 0. The van der Waals surface area contributed by atoms with Gasteiger partial charge in [-0.3, -0.25) is 4.79 Å². The second-order valence-electron chi connectivity index (χ2n) is 1.43. The first-order chi connectivity index (χ1) is 4.04. The number of rotatable bonds is 3.